The smallest absolute Gasteiger partial charge is 0.231 e. The largest absolute Gasteiger partial charge is 0.370 e. The van der Waals surface area contributed by atoms with E-state index in [0.717, 1.165) is 19.6 Å². The Morgan fingerprint density at radius 3 is 2.20 bits per heavy atom. The van der Waals surface area contributed by atoms with Crippen molar-refractivity contribution in [2.45, 2.75) is 27.2 Å². The van der Waals surface area contributed by atoms with E-state index in [1.165, 1.54) is 0 Å². The molecular formula is C12H23N7O. The van der Waals surface area contributed by atoms with Crippen LogP contribution >= 0.6 is 0 Å². The summed E-state index contributed by atoms with van der Waals surface area (Å²) in [6, 6.07) is 0. The number of amides is 1. The Balaban J connectivity index is 2.88. The molecule has 1 aromatic rings. The number of anilines is 3. The monoisotopic (exact) mass is 281 g/mol. The minimum absolute atomic E-state index is 0.239. The second kappa shape index (κ2) is 8.13. The molecule has 1 aromatic heterocycles. The van der Waals surface area contributed by atoms with Gasteiger partial charge in [-0.05, 0) is 20.8 Å². The molecule has 20 heavy (non-hydrogen) atoms. The Hall–Kier alpha value is -2.12. The summed E-state index contributed by atoms with van der Waals surface area (Å²) in [5.41, 5.74) is 5.10. The molecule has 0 unspecified atom stereocenters. The number of carbonyl (C=O) groups excluding carboxylic acids is 1. The molecule has 0 bridgehead atoms. The number of nitrogens with zero attached hydrogens (tertiary/aromatic N) is 4. The van der Waals surface area contributed by atoms with E-state index in [9.17, 15) is 4.79 Å². The van der Waals surface area contributed by atoms with Crippen LogP contribution in [0, 0.1) is 0 Å². The van der Waals surface area contributed by atoms with E-state index in [2.05, 4.69) is 25.6 Å². The molecule has 112 valence electrons. The lowest BCUT2D eigenvalue weighted by Gasteiger charge is -2.19. The van der Waals surface area contributed by atoms with Gasteiger partial charge in [0.15, 0.2) is 0 Å². The van der Waals surface area contributed by atoms with Crippen molar-refractivity contribution in [3.63, 3.8) is 0 Å². The third-order valence-electron chi connectivity index (χ3n) is 2.66. The number of rotatable bonds is 9. The van der Waals surface area contributed by atoms with E-state index in [-0.39, 0.29) is 12.3 Å². The lowest BCUT2D eigenvalue weighted by molar-refractivity contribution is -0.117. The second-order valence-corrected chi connectivity index (χ2v) is 4.13. The van der Waals surface area contributed by atoms with Gasteiger partial charge < -0.3 is 21.3 Å². The van der Waals surface area contributed by atoms with E-state index < -0.39 is 0 Å². The first kappa shape index (κ1) is 15.9. The lowest BCUT2D eigenvalue weighted by atomic mass is 10.4. The number of nitrogens with two attached hydrogens (primary N) is 1. The lowest BCUT2D eigenvalue weighted by Crippen LogP contribution is -2.26. The minimum Gasteiger partial charge on any atom is -0.370 e. The molecule has 8 nitrogen and oxygen atoms in total. The molecular weight excluding hydrogens is 258 g/mol. The highest BCUT2D eigenvalue weighted by Crippen LogP contribution is 2.13. The number of hydrogen-bond donors (Lipinski definition) is 3. The minimum atomic E-state index is -0.359. The van der Waals surface area contributed by atoms with Crippen LogP contribution in [-0.4, -0.2) is 47.0 Å². The standard InChI is InChI=1S/C12H23N7O/c1-4-14-10-16-11(15-8-7-9(13)20)18-12(17-10)19(5-2)6-3/h4-8H2,1-3H3,(H2,13,20)(H2,14,15,16,17,18). The Morgan fingerprint density at radius 2 is 1.70 bits per heavy atom. The molecule has 0 spiro atoms. The molecule has 1 amide bonds. The quantitative estimate of drug-likeness (QED) is 0.602. The van der Waals surface area contributed by atoms with Crippen molar-refractivity contribution in [2.75, 3.05) is 41.7 Å². The number of primary amides is 1. The highest BCUT2D eigenvalue weighted by Gasteiger charge is 2.10. The van der Waals surface area contributed by atoms with Crippen molar-refractivity contribution < 1.29 is 4.79 Å². The van der Waals surface area contributed by atoms with Crippen LogP contribution in [0.15, 0.2) is 0 Å². The Labute approximate surface area is 119 Å². The molecule has 8 heteroatoms. The zero-order valence-electron chi connectivity index (χ0n) is 12.3. The average molecular weight is 281 g/mol. The van der Waals surface area contributed by atoms with Gasteiger partial charge in [0.2, 0.25) is 23.8 Å². The van der Waals surface area contributed by atoms with Crippen LogP contribution in [-0.2, 0) is 4.79 Å². The van der Waals surface area contributed by atoms with E-state index in [0.29, 0.717) is 24.4 Å². The summed E-state index contributed by atoms with van der Waals surface area (Å²) < 4.78 is 0. The fourth-order valence-corrected chi connectivity index (χ4v) is 1.63. The number of carbonyl (C=O) groups is 1. The van der Waals surface area contributed by atoms with Crippen molar-refractivity contribution in [3.05, 3.63) is 0 Å². The zero-order valence-corrected chi connectivity index (χ0v) is 12.3. The molecule has 0 aliphatic heterocycles. The van der Waals surface area contributed by atoms with Crippen molar-refractivity contribution >= 4 is 23.8 Å². The first-order valence-electron chi connectivity index (χ1n) is 6.87. The molecule has 0 saturated heterocycles. The summed E-state index contributed by atoms with van der Waals surface area (Å²) in [6.45, 7) is 8.81. The molecule has 0 aromatic carbocycles. The van der Waals surface area contributed by atoms with Gasteiger partial charge in [-0.3, -0.25) is 4.79 Å². The molecule has 0 radical (unpaired) electrons. The molecule has 1 rings (SSSR count). The third kappa shape index (κ3) is 4.87. The van der Waals surface area contributed by atoms with Crippen LogP contribution in [0.25, 0.3) is 0 Å². The van der Waals surface area contributed by atoms with E-state index in [1.54, 1.807) is 0 Å². The zero-order chi connectivity index (χ0) is 15.0. The van der Waals surface area contributed by atoms with Crippen molar-refractivity contribution in [1.29, 1.82) is 0 Å². The number of hydrogen-bond acceptors (Lipinski definition) is 7. The molecule has 0 atom stereocenters. The van der Waals surface area contributed by atoms with Crippen LogP contribution < -0.4 is 21.3 Å². The van der Waals surface area contributed by atoms with Crippen molar-refractivity contribution in [3.8, 4) is 0 Å². The molecule has 0 saturated carbocycles. The first-order valence-corrected chi connectivity index (χ1v) is 6.87. The van der Waals surface area contributed by atoms with Crippen molar-refractivity contribution in [1.82, 2.24) is 15.0 Å². The average Bonchev–Trinajstić information content (AvgIpc) is 2.40. The van der Waals surface area contributed by atoms with Crippen LogP contribution in [0.4, 0.5) is 17.8 Å². The van der Waals surface area contributed by atoms with Gasteiger partial charge in [-0.2, -0.15) is 15.0 Å². The summed E-state index contributed by atoms with van der Waals surface area (Å²) in [5.74, 6) is 1.22. The normalized spacial score (nSPS) is 10.2. The van der Waals surface area contributed by atoms with Gasteiger partial charge in [0.05, 0.1) is 0 Å². The fraction of sp³-hybridized carbons (Fsp3) is 0.667. The maximum absolute atomic E-state index is 10.7. The Bertz CT molecular complexity index is 434. The number of nitrogens with one attached hydrogen (secondary N) is 2. The molecule has 0 aliphatic rings. The predicted octanol–water partition coefficient (Wildman–Crippen LogP) is 0.437. The van der Waals surface area contributed by atoms with Crippen LogP contribution in [0.1, 0.15) is 27.2 Å². The van der Waals surface area contributed by atoms with Gasteiger partial charge in [-0.25, -0.2) is 0 Å². The van der Waals surface area contributed by atoms with Gasteiger partial charge in [-0.1, -0.05) is 0 Å². The Kier molecular flexibility index (Phi) is 6.48. The first-order chi connectivity index (χ1) is 9.60. The summed E-state index contributed by atoms with van der Waals surface area (Å²) in [5, 5.41) is 6.06. The Morgan fingerprint density at radius 1 is 1.10 bits per heavy atom. The molecule has 4 N–H and O–H groups in total. The number of aromatic nitrogens is 3. The van der Waals surface area contributed by atoms with Crippen LogP contribution in [0.3, 0.4) is 0 Å². The van der Waals surface area contributed by atoms with Gasteiger partial charge in [0, 0.05) is 32.6 Å². The van der Waals surface area contributed by atoms with Crippen molar-refractivity contribution in [2.24, 2.45) is 5.73 Å². The summed E-state index contributed by atoms with van der Waals surface area (Å²) in [4.78, 5) is 25.7. The summed E-state index contributed by atoms with van der Waals surface area (Å²) in [7, 11) is 0. The fourth-order valence-electron chi connectivity index (χ4n) is 1.63. The predicted molar refractivity (Wildman–Crippen MR) is 79.9 cm³/mol. The summed E-state index contributed by atoms with van der Waals surface area (Å²) in [6.07, 6.45) is 0.239. The highest BCUT2D eigenvalue weighted by atomic mass is 16.1. The van der Waals surface area contributed by atoms with Gasteiger partial charge in [0.25, 0.3) is 0 Å². The third-order valence-corrected chi connectivity index (χ3v) is 2.66. The van der Waals surface area contributed by atoms with Gasteiger partial charge >= 0.3 is 0 Å². The summed E-state index contributed by atoms with van der Waals surface area (Å²) >= 11 is 0. The maximum atomic E-state index is 10.7. The maximum Gasteiger partial charge on any atom is 0.231 e. The SMILES string of the molecule is CCNc1nc(NCCC(N)=O)nc(N(CC)CC)n1. The van der Waals surface area contributed by atoms with E-state index in [4.69, 9.17) is 5.73 Å². The topological polar surface area (TPSA) is 109 Å². The molecule has 0 fully saturated rings. The highest BCUT2D eigenvalue weighted by molar-refractivity contribution is 5.74. The van der Waals surface area contributed by atoms with Gasteiger partial charge in [-0.15, -0.1) is 0 Å². The van der Waals surface area contributed by atoms with E-state index >= 15 is 0 Å². The second-order valence-electron chi connectivity index (χ2n) is 4.13. The molecule has 1 heterocycles. The van der Waals surface area contributed by atoms with Crippen LogP contribution in [0.5, 0.6) is 0 Å². The van der Waals surface area contributed by atoms with Crippen LogP contribution in [0.2, 0.25) is 0 Å². The molecule has 0 aliphatic carbocycles. The van der Waals surface area contributed by atoms with E-state index in [1.807, 2.05) is 25.7 Å². The van der Waals surface area contributed by atoms with Gasteiger partial charge in [0.1, 0.15) is 0 Å².